The molecule has 0 N–H and O–H groups in total. The molecule has 0 aromatic rings. The van der Waals surface area contributed by atoms with Crippen LogP contribution in [-0.4, -0.2) is 37.4 Å². The number of unbranched alkanes of at least 4 members (excludes halogenated alkanes) is 20. The van der Waals surface area contributed by atoms with Crippen LogP contribution in [0.5, 0.6) is 0 Å². The smallest absolute Gasteiger partial charge is 0.335 e. The van der Waals surface area contributed by atoms with Crippen LogP contribution in [0.15, 0.2) is 24.3 Å². The van der Waals surface area contributed by atoms with Crippen molar-refractivity contribution in [3.05, 3.63) is 24.3 Å². The molecule has 5 heteroatoms. The topological polar surface area (TPSA) is 61.8 Å². The molecule has 0 aliphatic rings. The van der Waals surface area contributed by atoms with Crippen molar-refractivity contribution < 1.29 is 23.8 Å². The molecular formula is C40H74O5. The highest BCUT2D eigenvalue weighted by atomic mass is 16.6. The Bertz CT molecular complexity index is 643. The number of rotatable bonds is 34. The lowest BCUT2D eigenvalue weighted by atomic mass is 10.1. The Balaban J connectivity index is 4.33. The molecule has 0 fully saturated rings. The van der Waals surface area contributed by atoms with Crippen LogP contribution in [0, 0.1) is 0 Å². The molecule has 0 aromatic carbocycles. The summed E-state index contributed by atoms with van der Waals surface area (Å²) >= 11 is 0. The molecule has 0 amide bonds. The third kappa shape index (κ3) is 29.5. The SMILES string of the molecule is CCCCCCCCC=CCCCCCCC(OC(CCCCCCC=CCCCCCCCC)C(=O)OCC)C(=O)OCC. The van der Waals surface area contributed by atoms with E-state index >= 15 is 0 Å². The van der Waals surface area contributed by atoms with Crippen LogP contribution < -0.4 is 0 Å². The van der Waals surface area contributed by atoms with Crippen molar-refractivity contribution in [2.45, 2.75) is 207 Å². The van der Waals surface area contributed by atoms with Crippen molar-refractivity contribution in [3.8, 4) is 0 Å². The Morgan fingerprint density at radius 3 is 1.02 bits per heavy atom. The molecule has 264 valence electrons. The number of hydrogen-bond acceptors (Lipinski definition) is 5. The summed E-state index contributed by atoms with van der Waals surface area (Å²) in [5, 5.41) is 0. The molecule has 5 nitrogen and oxygen atoms in total. The highest BCUT2D eigenvalue weighted by Gasteiger charge is 2.29. The average Bonchev–Trinajstić information content (AvgIpc) is 3.03. The largest absolute Gasteiger partial charge is 0.464 e. The van der Waals surface area contributed by atoms with Gasteiger partial charge in [0.1, 0.15) is 0 Å². The van der Waals surface area contributed by atoms with Gasteiger partial charge in [-0.25, -0.2) is 9.59 Å². The Labute approximate surface area is 279 Å². The lowest BCUT2D eigenvalue weighted by Crippen LogP contribution is -2.36. The van der Waals surface area contributed by atoms with E-state index in [2.05, 4.69) is 38.2 Å². The van der Waals surface area contributed by atoms with E-state index in [0.717, 1.165) is 64.2 Å². The first-order valence-corrected chi connectivity index (χ1v) is 19.4. The van der Waals surface area contributed by atoms with Crippen LogP contribution in [0.3, 0.4) is 0 Å². The predicted molar refractivity (Wildman–Crippen MR) is 192 cm³/mol. The number of ether oxygens (including phenoxy) is 3. The van der Waals surface area contributed by atoms with E-state index in [1.807, 2.05) is 13.8 Å². The minimum absolute atomic E-state index is 0.307. The molecule has 0 aromatic heterocycles. The molecule has 0 saturated carbocycles. The molecule has 2 atom stereocenters. The van der Waals surface area contributed by atoms with E-state index in [0.29, 0.717) is 26.1 Å². The fraction of sp³-hybridized carbons (Fsp3) is 0.850. The van der Waals surface area contributed by atoms with E-state index in [4.69, 9.17) is 14.2 Å². The van der Waals surface area contributed by atoms with Crippen molar-refractivity contribution in [2.75, 3.05) is 13.2 Å². The summed E-state index contributed by atoms with van der Waals surface area (Å²) in [5.74, 6) is -0.727. The van der Waals surface area contributed by atoms with Crippen molar-refractivity contribution in [1.82, 2.24) is 0 Å². The maximum Gasteiger partial charge on any atom is 0.335 e. The molecule has 0 aliphatic heterocycles. The maximum atomic E-state index is 12.7. The molecular weight excluding hydrogens is 560 g/mol. The zero-order valence-corrected chi connectivity index (χ0v) is 30.3. The summed E-state index contributed by atoms with van der Waals surface area (Å²) in [7, 11) is 0. The number of carbonyl (C=O) groups excluding carboxylic acids is 2. The zero-order valence-electron chi connectivity index (χ0n) is 30.3. The van der Waals surface area contributed by atoms with Crippen molar-refractivity contribution >= 4 is 11.9 Å². The second-order valence-corrected chi connectivity index (χ2v) is 12.7. The Hall–Kier alpha value is -1.62. The molecule has 0 spiro atoms. The van der Waals surface area contributed by atoms with E-state index in [1.165, 1.54) is 89.9 Å². The van der Waals surface area contributed by atoms with Crippen LogP contribution in [-0.2, 0) is 23.8 Å². The van der Waals surface area contributed by atoms with Crippen molar-refractivity contribution in [3.63, 3.8) is 0 Å². The second-order valence-electron chi connectivity index (χ2n) is 12.7. The lowest BCUT2D eigenvalue weighted by molar-refractivity contribution is -0.173. The van der Waals surface area contributed by atoms with Gasteiger partial charge in [0.25, 0.3) is 0 Å². The van der Waals surface area contributed by atoms with Gasteiger partial charge in [-0.05, 0) is 78.1 Å². The van der Waals surface area contributed by atoms with Gasteiger partial charge in [0, 0.05) is 0 Å². The first kappa shape index (κ1) is 43.4. The Morgan fingerprint density at radius 1 is 0.422 bits per heavy atom. The number of carbonyl (C=O) groups is 2. The zero-order chi connectivity index (χ0) is 33.1. The quantitative estimate of drug-likeness (QED) is 0.0400. The summed E-state index contributed by atoms with van der Waals surface area (Å²) in [4.78, 5) is 25.4. The van der Waals surface area contributed by atoms with E-state index in [-0.39, 0.29) is 11.9 Å². The fourth-order valence-corrected chi connectivity index (χ4v) is 5.60. The number of allylic oxidation sites excluding steroid dienone is 4. The minimum Gasteiger partial charge on any atom is -0.464 e. The molecule has 0 saturated heterocycles. The summed E-state index contributed by atoms with van der Waals surface area (Å²) in [5.41, 5.74) is 0. The van der Waals surface area contributed by atoms with Gasteiger partial charge in [0.05, 0.1) is 13.2 Å². The summed E-state index contributed by atoms with van der Waals surface area (Å²) in [6.07, 6.45) is 38.3. The number of hydrogen-bond donors (Lipinski definition) is 0. The standard InChI is InChI=1S/C40H74O5/c1-5-9-11-13-15-17-19-21-23-25-27-29-31-33-35-37(39(41)43-7-3)45-38(40(42)44-8-4)36-34-32-30-28-26-24-22-20-18-16-14-12-10-6-2/h21-24,37-38H,5-20,25-36H2,1-4H3. The van der Waals surface area contributed by atoms with Crippen molar-refractivity contribution in [1.29, 1.82) is 0 Å². The highest BCUT2D eigenvalue weighted by Crippen LogP contribution is 2.18. The van der Waals surface area contributed by atoms with Crippen LogP contribution in [0.25, 0.3) is 0 Å². The third-order valence-electron chi connectivity index (χ3n) is 8.38. The molecule has 0 bridgehead atoms. The van der Waals surface area contributed by atoms with Gasteiger partial charge >= 0.3 is 11.9 Å². The van der Waals surface area contributed by atoms with Gasteiger partial charge in [-0.2, -0.15) is 0 Å². The van der Waals surface area contributed by atoms with Crippen LogP contribution in [0.2, 0.25) is 0 Å². The Kier molecular flexibility index (Phi) is 34.0. The van der Waals surface area contributed by atoms with Crippen LogP contribution in [0.1, 0.15) is 195 Å². The van der Waals surface area contributed by atoms with Crippen molar-refractivity contribution in [2.24, 2.45) is 0 Å². The molecule has 0 radical (unpaired) electrons. The molecule has 2 unspecified atom stereocenters. The van der Waals surface area contributed by atoms with Gasteiger partial charge < -0.3 is 14.2 Å². The third-order valence-corrected chi connectivity index (χ3v) is 8.38. The minimum atomic E-state index is -0.714. The van der Waals surface area contributed by atoms with Gasteiger partial charge in [-0.1, -0.05) is 141 Å². The first-order valence-electron chi connectivity index (χ1n) is 19.4. The molecule has 0 aliphatic carbocycles. The van der Waals surface area contributed by atoms with Gasteiger partial charge in [-0.15, -0.1) is 0 Å². The Morgan fingerprint density at radius 2 is 0.711 bits per heavy atom. The van der Waals surface area contributed by atoms with Crippen LogP contribution in [0.4, 0.5) is 0 Å². The lowest BCUT2D eigenvalue weighted by Gasteiger charge is -2.22. The molecule has 45 heavy (non-hydrogen) atoms. The summed E-state index contributed by atoms with van der Waals surface area (Å²) in [6.45, 7) is 8.75. The number of esters is 2. The van der Waals surface area contributed by atoms with Gasteiger partial charge in [-0.3, -0.25) is 0 Å². The van der Waals surface area contributed by atoms with Gasteiger partial charge in [0.2, 0.25) is 0 Å². The molecule has 0 rings (SSSR count). The van der Waals surface area contributed by atoms with Crippen LogP contribution >= 0.6 is 0 Å². The maximum absolute atomic E-state index is 12.7. The summed E-state index contributed by atoms with van der Waals surface area (Å²) in [6, 6.07) is 0. The van der Waals surface area contributed by atoms with Gasteiger partial charge in [0.15, 0.2) is 12.2 Å². The normalized spacial score (nSPS) is 13.1. The van der Waals surface area contributed by atoms with E-state index in [1.54, 1.807) is 0 Å². The monoisotopic (exact) mass is 635 g/mol. The average molecular weight is 635 g/mol. The highest BCUT2D eigenvalue weighted by molar-refractivity contribution is 5.77. The summed E-state index contributed by atoms with van der Waals surface area (Å²) < 4.78 is 16.8. The fourth-order valence-electron chi connectivity index (χ4n) is 5.60. The molecule has 0 heterocycles. The second kappa shape index (κ2) is 35.2. The van der Waals surface area contributed by atoms with E-state index < -0.39 is 12.2 Å². The van der Waals surface area contributed by atoms with E-state index in [9.17, 15) is 9.59 Å². The predicted octanol–water partition coefficient (Wildman–Crippen LogP) is 12.2. The first-order chi connectivity index (χ1) is 22.1.